The molecule has 0 saturated carbocycles. The molecule has 8 heteroatoms. The highest BCUT2D eigenvalue weighted by Crippen LogP contribution is 2.36. The summed E-state index contributed by atoms with van der Waals surface area (Å²) in [7, 11) is 0. The fraction of sp³-hybridized carbons (Fsp3) is 0.800. The van der Waals surface area contributed by atoms with Crippen LogP contribution in [0.5, 0.6) is 0 Å². The lowest BCUT2D eigenvalue weighted by atomic mass is 9.80. The van der Waals surface area contributed by atoms with Crippen LogP contribution in [0.15, 0.2) is 0 Å². The van der Waals surface area contributed by atoms with Crippen LogP contribution in [0.25, 0.3) is 0 Å². The Labute approximate surface area is 167 Å². The minimum absolute atomic E-state index is 0.356. The SMILES string of the molecule is CC(C)[C@H]1C(=O)[C@@](NC(=O)OC(C)(C)C)(C(C)C)C(=O)N1C(=O)OC(C)(C)C. The van der Waals surface area contributed by atoms with E-state index in [4.69, 9.17) is 9.47 Å². The second-order valence-corrected chi connectivity index (χ2v) is 9.80. The van der Waals surface area contributed by atoms with Crippen LogP contribution in [0.2, 0.25) is 0 Å². The number of amides is 3. The zero-order valence-corrected chi connectivity index (χ0v) is 18.6. The van der Waals surface area contributed by atoms with Gasteiger partial charge in [0.2, 0.25) is 0 Å². The Bertz CT molecular complexity index is 657. The number of carbonyl (C=O) groups excluding carboxylic acids is 4. The van der Waals surface area contributed by atoms with E-state index in [9.17, 15) is 19.2 Å². The second-order valence-electron chi connectivity index (χ2n) is 9.80. The van der Waals surface area contributed by atoms with Gasteiger partial charge < -0.3 is 9.47 Å². The summed E-state index contributed by atoms with van der Waals surface area (Å²) in [6.45, 7) is 16.8. The van der Waals surface area contributed by atoms with Gasteiger partial charge in [0, 0.05) is 0 Å². The molecule has 3 amide bonds. The third-order valence-corrected chi connectivity index (χ3v) is 4.28. The predicted molar refractivity (Wildman–Crippen MR) is 104 cm³/mol. The molecule has 160 valence electrons. The smallest absolute Gasteiger partial charge is 0.417 e. The Hall–Kier alpha value is -2.12. The highest BCUT2D eigenvalue weighted by atomic mass is 16.6. The maximum atomic E-state index is 13.4. The van der Waals surface area contributed by atoms with E-state index >= 15 is 0 Å². The van der Waals surface area contributed by atoms with Gasteiger partial charge in [0.25, 0.3) is 5.91 Å². The van der Waals surface area contributed by atoms with Gasteiger partial charge in [-0.25, -0.2) is 14.5 Å². The van der Waals surface area contributed by atoms with Crippen LogP contribution in [0.3, 0.4) is 0 Å². The number of carbonyl (C=O) groups is 4. The molecule has 8 nitrogen and oxygen atoms in total. The molecule has 0 aromatic heterocycles. The minimum Gasteiger partial charge on any atom is -0.444 e. The number of likely N-dealkylation sites (tertiary alicyclic amines) is 1. The van der Waals surface area contributed by atoms with E-state index in [1.165, 1.54) is 0 Å². The summed E-state index contributed by atoms with van der Waals surface area (Å²) in [6, 6.07) is -1.04. The van der Waals surface area contributed by atoms with Crippen LogP contribution in [-0.2, 0) is 19.1 Å². The topological polar surface area (TPSA) is 102 Å². The van der Waals surface area contributed by atoms with Gasteiger partial charge in [-0.15, -0.1) is 0 Å². The molecule has 28 heavy (non-hydrogen) atoms. The molecular formula is C20H34N2O6. The van der Waals surface area contributed by atoms with Gasteiger partial charge in [-0.05, 0) is 53.4 Å². The summed E-state index contributed by atoms with van der Waals surface area (Å²) in [5.41, 5.74) is -3.55. The number of nitrogens with zero attached hydrogens (tertiary/aromatic N) is 1. The summed E-state index contributed by atoms with van der Waals surface area (Å²) < 4.78 is 10.6. The average Bonchev–Trinajstić information content (AvgIpc) is 2.65. The van der Waals surface area contributed by atoms with Gasteiger partial charge in [0.1, 0.15) is 17.2 Å². The largest absolute Gasteiger partial charge is 0.444 e. The van der Waals surface area contributed by atoms with Gasteiger partial charge in [0.15, 0.2) is 11.3 Å². The molecule has 1 saturated heterocycles. The van der Waals surface area contributed by atoms with Crippen LogP contribution < -0.4 is 5.32 Å². The van der Waals surface area contributed by atoms with Gasteiger partial charge in [-0.2, -0.15) is 0 Å². The molecule has 0 aromatic rings. The van der Waals surface area contributed by atoms with E-state index in [-0.39, 0.29) is 5.92 Å². The Balaban J connectivity index is 3.42. The third kappa shape index (κ3) is 4.83. The highest BCUT2D eigenvalue weighted by Gasteiger charge is 2.64. The van der Waals surface area contributed by atoms with Crippen molar-refractivity contribution in [2.75, 3.05) is 0 Å². The molecule has 2 atom stereocenters. The third-order valence-electron chi connectivity index (χ3n) is 4.28. The van der Waals surface area contributed by atoms with Crippen molar-refractivity contribution in [3.63, 3.8) is 0 Å². The first-order valence-corrected chi connectivity index (χ1v) is 9.56. The number of hydrogen-bond acceptors (Lipinski definition) is 6. The van der Waals surface area contributed by atoms with Crippen molar-refractivity contribution in [1.29, 1.82) is 0 Å². The molecule has 1 fully saturated rings. The Morgan fingerprint density at radius 1 is 0.964 bits per heavy atom. The molecule has 0 unspecified atom stereocenters. The van der Waals surface area contributed by atoms with Gasteiger partial charge in [0.05, 0.1) is 0 Å². The molecule has 0 bridgehead atoms. The first-order chi connectivity index (χ1) is 12.4. The van der Waals surface area contributed by atoms with E-state index in [1.54, 1.807) is 69.2 Å². The summed E-state index contributed by atoms with van der Waals surface area (Å²) >= 11 is 0. The van der Waals surface area contributed by atoms with Crippen LogP contribution in [0, 0.1) is 11.8 Å². The van der Waals surface area contributed by atoms with Crippen molar-refractivity contribution in [2.45, 2.75) is 92.0 Å². The van der Waals surface area contributed by atoms with E-state index in [0.29, 0.717) is 0 Å². The predicted octanol–water partition coefficient (Wildman–Crippen LogP) is 3.28. The molecular weight excluding hydrogens is 364 g/mol. The number of imide groups is 1. The molecule has 0 spiro atoms. The lowest BCUT2D eigenvalue weighted by molar-refractivity contribution is -0.137. The van der Waals surface area contributed by atoms with E-state index in [2.05, 4.69) is 5.32 Å². The first kappa shape index (κ1) is 23.9. The standard InChI is InChI=1S/C20H34N2O6/c1-11(2)13-14(23)20(12(3)4,21-16(25)27-18(5,6)7)15(24)22(13)17(26)28-19(8,9)10/h11-13H,1-10H3,(H,21,25)/t13-,20-/m0/s1. The molecule has 0 aromatic carbocycles. The number of nitrogens with one attached hydrogen (secondary N) is 1. The van der Waals surface area contributed by atoms with E-state index in [0.717, 1.165) is 4.90 Å². The summed E-state index contributed by atoms with van der Waals surface area (Å²) in [4.78, 5) is 52.7. The van der Waals surface area contributed by atoms with E-state index in [1.807, 2.05) is 0 Å². The minimum atomic E-state index is -1.89. The van der Waals surface area contributed by atoms with Gasteiger partial charge in [-0.3, -0.25) is 14.9 Å². The molecule has 1 aliphatic rings. The van der Waals surface area contributed by atoms with Crippen LogP contribution in [-0.4, -0.2) is 51.6 Å². The van der Waals surface area contributed by atoms with E-state index < -0.39 is 52.6 Å². The van der Waals surface area contributed by atoms with Crippen molar-refractivity contribution < 1.29 is 28.7 Å². The summed E-state index contributed by atoms with van der Waals surface area (Å²) in [5, 5.41) is 2.47. The molecule has 0 aliphatic carbocycles. The number of Topliss-reactive ketones (excluding diaryl/α,β-unsaturated/α-hetero) is 1. The lowest BCUT2D eigenvalue weighted by Crippen LogP contribution is -2.62. The quantitative estimate of drug-likeness (QED) is 0.732. The van der Waals surface area contributed by atoms with Crippen LogP contribution in [0.1, 0.15) is 69.2 Å². The monoisotopic (exact) mass is 398 g/mol. The van der Waals surface area contributed by atoms with Crippen LogP contribution in [0.4, 0.5) is 9.59 Å². The summed E-state index contributed by atoms with van der Waals surface area (Å²) in [5.74, 6) is -2.30. The number of rotatable bonds is 3. The zero-order valence-electron chi connectivity index (χ0n) is 18.6. The Kier molecular flexibility index (Phi) is 6.59. The van der Waals surface area contributed by atoms with Crippen molar-refractivity contribution in [2.24, 2.45) is 11.8 Å². The first-order valence-electron chi connectivity index (χ1n) is 9.56. The molecule has 0 radical (unpaired) electrons. The lowest BCUT2D eigenvalue weighted by Gasteiger charge is -2.32. The number of hydrogen-bond donors (Lipinski definition) is 1. The van der Waals surface area contributed by atoms with Gasteiger partial charge in [-0.1, -0.05) is 27.7 Å². The Morgan fingerprint density at radius 2 is 1.43 bits per heavy atom. The van der Waals surface area contributed by atoms with Crippen molar-refractivity contribution in [3.8, 4) is 0 Å². The molecule has 1 heterocycles. The maximum Gasteiger partial charge on any atom is 0.417 e. The maximum absolute atomic E-state index is 13.4. The number of alkyl carbamates (subject to hydrolysis) is 1. The fourth-order valence-electron chi connectivity index (χ4n) is 3.14. The second kappa shape index (κ2) is 7.72. The normalized spacial score (nSPS) is 23.4. The van der Waals surface area contributed by atoms with Crippen molar-refractivity contribution >= 4 is 23.9 Å². The average molecular weight is 399 g/mol. The van der Waals surface area contributed by atoms with Crippen LogP contribution >= 0.6 is 0 Å². The Morgan fingerprint density at radius 3 is 1.79 bits per heavy atom. The van der Waals surface area contributed by atoms with Crippen molar-refractivity contribution in [1.82, 2.24) is 10.2 Å². The fourth-order valence-corrected chi connectivity index (χ4v) is 3.14. The number of ketones is 1. The van der Waals surface area contributed by atoms with Gasteiger partial charge >= 0.3 is 12.2 Å². The molecule has 1 rings (SSSR count). The number of ether oxygens (including phenoxy) is 2. The zero-order chi connectivity index (χ0) is 22.2. The van der Waals surface area contributed by atoms with Crippen molar-refractivity contribution in [3.05, 3.63) is 0 Å². The highest BCUT2D eigenvalue weighted by molar-refractivity contribution is 6.24. The molecule has 1 aliphatic heterocycles. The summed E-state index contributed by atoms with van der Waals surface area (Å²) in [6.07, 6.45) is -1.80. The molecule has 1 N–H and O–H groups in total.